The first-order chi connectivity index (χ1) is 11.3. The number of nitrogens with one attached hydrogen (secondary N) is 3. The van der Waals surface area contributed by atoms with Crippen LogP contribution in [-0.2, 0) is 0 Å². The van der Waals surface area contributed by atoms with Crippen LogP contribution in [0.4, 0.5) is 16.4 Å². The van der Waals surface area contributed by atoms with Crippen molar-refractivity contribution in [2.24, 2.45) is 10.7 Å². The number of hydrogen-bond acceptors (Lipinski definition) is 6. The monoisotopic (exact) mass is 465 g/mol. The zero-order valence-electron chi connectivity index (χ0n) is 14.9. The van der Waals surface area contributed by atoms with Gasteiger partial charge in [0.1, 0.15) is 0 Å². The highest BCUT2D eigenvalue weighted by atomic mass is 35.5. The lowest BCUT2D eigenvalue weighted by molar-refractivity contribution is 0.0948. The number of carbonyl (C=O) groups is 2. The summed E-state index contributed by atoms with van der Waals surface area (Å²) < 4.78 is 0. The van der Waals surface area contributed by atoms with Crippen LogP contribution in [0.1, 0.15) is 23.3 Å². The number of hydrogen-bond donors (Lipinski definition) is 6. The second-order valence-corrected chi connectivity index (χ2v) is 4.93. The Morgan fingerprint density at radius 1 is 1.04 bits per heavy atom. The van der Waals surface area contributed by atoms with Crippen molar-refractivity contribution in [2.45, 2.75) is 12.8 Å². The predicted octanol–water partition coefficient (Wildman–Crippen LogP) is -1.76. The van der Waals surface area contributed by atoms with Crippen molar-refractivity contribution in [3.8, 4) is 0 Å². The number of nitrogens with two attached hydrogens (primary N) is 3. The summed E-state index contributed by atoms with van der Waals surface area (Å²) in [5.74, 6) is -0.320. The molecule has 164 valence electrons. The molecule has 0 saturated carbocycles. The summed E-state index contributed by atoms with van der Waals surface area (Å²) in [6.07, 6.45) is 1.38. The fourth-order valence-electron chi connectivity index (χ4n) is 1.65. The molecule has 0 fully saturated rings. The summed E-state index contributed by atoms with van der Waals surface area (Å²) >= 11 is 5.72. The quantitative estimate of drug-likeness (QED) is 0.159. The number of urea groups is 1. The van der Waals surface area contributed by atoms with Gasteiger partial charge in [-0.1, -0.05) is 11.6 Å². The zero-order chi connectivity index (χ0) is 18.1. The van der Waals surface area contributed by atoms with E-state index in [-0.39, 0.29) is 64.2 Å². The van der Waals surface area contributed by atoms with Gasteiger partial charge in [-0.05, 0) is 12.8 Å². The fraction of sp³-hybridized carbons (Fsp3) is 0.417. The molecular weight excluding hydrogens is 441 g/mol. The van der Waals surface area contributed by atoms with E-state index >= 15 is 0 Å². The van der Waals surface area contributed by atoms with Crippen molar-refractivity contribution in [1.82, 2.24) is 25.9 Å². The van der Waals surface area contributed by atoms with E-state index < -0.39 is 11.9 Å². The van der Waals surface area contributed by atoms with Crippen LogP contribution in [0.15, 0.2) is 4.99 Å². The van der Waals surface area contributed by atoms with Gasteiger partial charge in [-0.3, -0.25) is 4.79 Å². The molecule has 1 rings (SSSR count). The van der Waals surface area contributed by atoms with E-state index in [1.807, 2.05) is 0 Å². The summed E-state index contributed by atoms with van der Waals surface area (Å²) in [4.78, 5) is 33.7. The molecule has 13 nitrogen and oxygen atoms in total. The molecule has 0 unspecified atom stereocenters. The van der Waals surface area contributed by atoms with Crippen LogP contribution in [0.25, 0.3) is 0 Å². The molecule has 0 aromatic carbocycles. The summed E-state index contributed by atoms with van der Waals surface area (Å²) in [6.45, 7) is 0.934. The number of unbranched alkanes of at least 4 members (excludes halogenated alkanes) is 1. The van der Waals surface area contributed by atoms with Gasteiger partial charge in [-0.2, -0.15) is 4.99 Å². The van der Waals surface area contributed by atoms with Gasteiger partial charge in [0, 0.05) is 20.1 Å². The van der Waals surface area contributed by atoms with E-state index in [0.717, 1.165) is 0 Å². The molecule has 0 saturated heterocycles. The maximum Gasteiger partial charge on any atom is 0.341 e. The molecule has 0 bridgehead atoms. The van der Waals surface area contributed by atoms with Crippen molar-refractivity contribution in [2.75, 3.05) is 31.6 Å². The molecular formula is C12H26Cl3N9O4. The number of primary amides is 1. The predicted molar refractivity (Wildman–Crippen MR) is 113 cm³/mol. The lowest BCUT2D eigenvalue weighted by Crippen LogP contribution is -2.37. The molecule has 1 aromatic heterocycles. The first kappa shape index (κ1) is 33.3. The summed E-state index contributed by atoms with van der Waals surface area (Å²) in [6, 6.07) is -0.792. The smallest absolute Gasteiger partial charge is 0.341 e. The van der Waals surface area contributed by atoms with Gasteiger partial charge >= 0.3 is 6.03 Å². The third-order valence-electron chi connectivity index (χ3n) is 2.76. The number of nitrogen functional groups attached to an aromatic ring is 2. The van der Waals surface area contributed by atoms with Crippen molar-refractivity contribution in [3.63, 3.8) is 0 Å². The third-order valence-corrected chi connectivity index (χ3v) is 3.04. The van der Waals surface area contributed by atoms with Crippen LogP contribution >= 0.6 is 36.4 Å². The van der Waals surface area contributed by atoms with Crippen LogP contribution < -0.4 is 33.2 Å². The van der Waals surface area contributed by atoms with Crippen LogP contribution in [-0.4, -0.2) is 59.0 Å². The van der Waals surface area contributed by atoms with Crippen molar-refractivity contribution in [1.29, 1.82) is 0 Å². The molecule has 16 heteroatoms. The molecule has 1 heterocycles. The molecule has 0 radical (unpaired) electrons. The molecule has 1 aromatic rings. The normalized spacial score (nSPS) is 9.43. The van der Waals surface area contributed by atoms with Gasteiger partial charge in [0.25, 0.3) is 5.91 Å². The van der Waals surface area contributed by atoms with Crippen molar-refractivity contribution < 1.29 is 20.5 Å². The maximum absolute atomic E-state index is 11.9. The average Bonchev–Trinajstić information content (AvgIpc) is 2.52. The lowest BCUT2D eigenvalue weighted by Gasteiger charge is -2.09. The van der Waals surface area contributed by atoms with Crippen LogP contribution in [0.3, 0.4) is 0 Å². The fourth-order valence-corrected chi connectivity index (χ4v) is 1.77. The van der Waals surface area contributed by atoms with Gasteiger partial charge < -0.3 is 44.1 Å². The Morgan fingerprint density at radius 2 is 1.57 bits per heavy atom. The highest BCUT2D eigenvalue weighted by Gasteiger charge is 2.15. The molecule has 0 aliphatic heterocycles. The highest BCUT2D eigenvalue weighted by molar-refractivity contribution is 6.31. The molecule has 3 amide bonds. The SMILES string of the molecule is CNC(=NC(N)=O)NCCCCNC(=O)c1nc(Cl)c(N)nc1N.Cl.Cl.O.O. The number of rotatable bonds is 6. The minimum atomic E-state index is -0.792. The van der Waals surface area contributed by atoms with E-state index in [4.69, 9.17) is 28.8 Å². The third kappa shape index (κ3) is 11.4. The van der Waals surface area contributed by atoms with Crippen molar-refractivity contribution >= 4 is 65.9 Å². The topological polar surface area (TPSA) is 249 Å². The second-order valence-electron chi connectivity index (χ2n) is 4.57. The van der Waals surface area contributed by atoms with Gasteiger partial charge in [-0.25, -0.2) is 14.8 Å². The molecule has 0 spiro atoms. The Hall–Kier alpha value is -2.32. The van der Waals surface area contributed by atoms with Crippen LogP contribution in [0, 0.1) is 0 Å². The van der Waals surface area contributed by atoms with Gasteiger partial charge in [-0.15, -0.1) is 24.8 Å². The lowest BCUT2D eigenvalue weighted by atomic mass is 10.3. The minimum Gasteiger partial charge on any atom is -0.412 e. The Kier molecular flexibility index (Phi) is 20.0. The molecule has 0 aliphatic carbocycles. The second kappa shape index (κ2) is 16.8. The van der Waals surface area contributed by atoms with E-state index in [1.165, 1.54) is 0 Å². The number of aliphatic imine (C=N–C) groups is 1. The highest BCUT2D eigenvalue weighted by Crippen LogP contribution is 2.17. The minimum absolute atomic E-state index is 0. The Balaban J connectivity index is -0.000000720. The Bertz CT molecular complexity index is 649. The number of amides is 3. The number of nitrogens with zero attached hydrogens (tertiary/aromatic N) is 3. The van der Waals surface area contributed by atoms with Crippen LogP contribution in [0.5, 0.6) is 0 Å². The number of aromatic nitrogens is 2. The maximum atomic E-state index is 11.9. The number of guanidine groups is 1. The first-order valence-electron chi connectivity index (χ1n) is 7.01. The summed E-state index contributed by atoms with van der Waals surface area (Å²) in [5.41, 5.74) is 15.9. The zero-order valence-corrected chi connectivity index (χ0v) is 17.3. The van der Waals surface area contributed by atoms with Crippen LogP contribution in [0.2, 0.25) is 5.15 Å². The molecule has 0 aliphatic rings. The number of carbonyl (C=O) groups excluding carboxylic acids is 2. The number of halogens is 3. The Morgan fingerprint density at radius 3 is 2.07 bits per heavy atom. The van der Waals surface area contributed by atoms with Gasteiger partial charge in [0.2, 0.25) is 5.96 Å². The number of anilines is 2. The largest absolute Gasteiger partial charge is 0.412 e. The summed E-state index contributed by atoms with van der Waals surface area (Å²) in [5, 5.41) is 8.17. The van der Waals surface area contributed by atoms with Gasteiger partial charge in [0.15, 0.2) is 22.5 Å². The molecule has 28 heavy (non-hydrogen) atoms. The average molecular weight is 467 g/mol. The Labute approximate surface area is 178 Å². The van der Waals surface area contributed by atoms with Gasteiger partial charge in [0.05, 0.1) is 0 Å². The van der Waals surface area contributed by atoms with E-state index in [2.05, 4.69) is 30.9 Å². The summed E-state index contributed by atoms with van der Waals surface area (Å²) in [7, 11) is 1.61. The molecule has 0 atom stereocenters. The van der Waals surface area contributed by atoms with E-state index in [9.17, 15) is 9.59 Å². The van der Waals surface area contributed by atoms with E-state index in [1.54, 1.807) is 7.05 Å². The standard InChI is InChI=1S/C12H20ClN9O2.2ClH.2H2O/c1-17-12(22-11(16)24)19-5-3-2-4-18-10(23)6-8(14)21-9(15)7(13)20-6;;;;/h2-5H2,1H3,(H,18,23)(H4,14,15,21)(H4,16,17,19,22,24);2*1H;2*1H2. The molecule has 13 N–H and O–H groups in total. The van der Waals surface area contributed by atoms with E-state index in [0.29, 0.717) is 25.9 Å². The first-order valence-corrected chi connectivity index (χ1v) is 7.39. The van der Waals surface area contributed by atoms with Crippen molar-refractivity contribution in [3.05, 3.63) is 10.8 Å².